The third-order valence-corrected chi connectivity index (χ3v) is 2.79. The van der Waals surface area contributed by atoms with E-state index in [1.54, 1.807) is 18.2 Å². The summed E-state index contributed by atoms with van der Waals surface area (Å²) >= 11 is 0. The van der Waals surface area contributed by atoms with Gasteiger partial charge in [0.25, 0.3) is 0 Å². The Hall–Kier alpha value is -2.78. The highest BCUT2D eigenvalue weighted by atomic mass is 16.5. The molecule has 0 atom stereocenters. The van der Waals surface area contributed by atoms with Crippen LogP contribution in [0.1, 0.15) is 22.3 Å². The maximum absolute atomic E-state index is 8.97. The van der Waals surface area contributed by atoms with E-state index in [4.69, 9.17) is 15.3 Å². The van der Waals surface area contributed by atoms with Crippen molar-refractivity contribution in [3.8, 4) is 23.6 Å². The molecule has 0 spiro atoms. The summed E-state index contributed by atoms with van der Waals surface area (Å²) in [6.45, 7) is 3.99. The normalized spacial score (nSPS) is 9.47. The molecule has 0 amide bonds. The molecule has 0 heterocycles. The first-order chi connectivity index (χ1) is 9.13. The first-order valence-corrected chi connectivity index (χ1v) is 5.83. The lowest BCUT2D eigenvalue weighted by atomic mass is 10.1. The second-order valence-electron chi connectivity index (χ2n) is 4.30. The zero-order valence-corrected chi connectivity index (χ0v) is 10.8. The lowest BCUT2D eigenvalue weighted by Crippen LogP contribution is -1.90. The van der Waals surface area contributed by atoms with Crippen LogP contribution >= 0.6 is 0 Å². The highest BCUT2D eigenvalue weighted by Crippen LogP contribution is 2.27. The Morgan fingerprint density at radius 2 is 1.63 bits per heavy atom. The van der Waals surface area contributed by atoms with Crippen molar-refractivity contribution in [2.45, 2.75) is 13.8 Å². The molecule has 0 saturated carbocycles. The lowest BCUT2D eigenvalue weighted by Gasteiger charge is -2.09. The van der Waals surface area contributed by atoms with E-state index in [0.29, 0.717) is 16.9 Å². The van der Waals surface area contributed by atoms with Gasteiger partial charge in [-0.1, -0.05) is 17.7 Å². The van der Waals surface area contributed by atoms with Crippen molar-refractivity contribution in [2.24, 2.45) is 0 Å². The zero-order chi connectivity index (χ0) is 13.8. The molecule has 2 aromatic rings. The van der Waals surface area contributed by atoms with Crippen LogP contribution in [0.2, 0.25) is 0 Å². The Morgan fingerprint density at radius 1 is 0.895 bits per heavy atom. The summed E-state index contributed by atoms with van der Waals surface area (Å²) in [6.07, 6.45) is 0. The van der Waals surface area contributed by atoms with Crippen LogP contribution in [0.15, 0.2) is 36.4 Å². The van der Waals surface area contributed by atoms with Crippen molar-refractivity contribution in [1.29, 1.82) is 10.5 Å². The summed E-state index contributed by atoms with van der Waals surface area (Å²) in [6, 6.07) is 14.7. The van der Waals surface area contributed by atoms with Crippen LogP contribution in [0, 0.1) is 36.5 Å². The van der Waals surface area contributed by atoms with Gasteiger partial charge in [0.15, 0.2) is 0 Å². The van der Waals surface area contributed by atoms with Gasteiger partial charge in [-0.05, 0) is 43.7 Å². The van der Waals surface area contributed by atoms with E-state index >= 15 is 0 Å². The fourth-order valence-corrected chi connectivity index (χ4v) is 1.82. The van der Waals surface area contributed by atoms with E-state index in [9.17, 15) is 0 Å². The van der Waals surface area contributed by atoms with Crippen molar-refractivity contribution in [3.63, 3.8) is 0 Å². The van der Waals surface area contributed by atoms with Crippen LogP contribution in [0.5, 0.6) is 11.5 Å². The van der Waals surface area contributed by atoms with Crippen molar-refractivity contribution in [1.82, 2.24) is 0 Å². The number of nitriles is 2. The van der Waals surface area contributed by atoms with E-state index in [1.165, 1.54) is 5.56 Å². The predicted molar refractivity (Wildman–Crippen MR) is 71.9 cm³/mol. The van der Waals surface area contributed by atoms with Gasteiger partial charge in [0.2, 0.25) is 0 Å². The Kier molecular flexibility index (Phi) is 3.50. The number of hydrogen-bond acceptors (Lipinski definition) is 3. The van der Waals surface area contributed by atoms with Gasteiger partial charge in [0.05, 0.1) is 11.1 Å². The van der Waals surface area contributed by atoms with E-state index in [-0.39, 0.29) is 0 Å². The Morgan fingerprint density at radius 3 is 2.26 bits per heavy atom. The standard InChI is InChI=1S/C16H12N2O/c1-11-3-6-16(12(2)7-11)19-15-5-4-13(9-17)14(8-15)10-18/h3-8H,1-2H3. The van der Waals surface area contributed by atoms with Gasteiger partial charge in [-0.15, -0.1) is 0 Å². The van der Waals surface area contributed by atoms with Gasteiger partial charge in [-0.2, -0.15) is 10.5 Å². The van der Waals surface area contributed by atoms with Gasteiger partial charge in [0, 0.05) is 0 Å². The summed E-state index contributed by atoms with van der Waals surface area (Å²) in [5, 5.41) is 17.8. The quantitative estimate of drug-likeness (QED) is 0.811. The van der Waals surface area contributed by atoms with E-state index in [2.05, 4.69) is 0 Å². The molecule has 3 heteroatoms. The summed E-state index contributed by atoms with van der Waals surface area (Å²) < 4.78 is 5.75. The molecule has 0 saturated heterocycles. The number of nitrogens with zero attached hydrogens (tertiary/aromatic N) is 2. The highest BCUT2D eigenvalue weighted by molar-refractivity contribution is 5.50. The largest absolute Gasteiger partial charge is 0.457 e. The smallest absolute Gasteiger partial charge is 0.130 e. The molecule has 0 fully saturated rings. The maximum atomic E-state index is 8.97. The molecule has 3 nitrogen and oxygen atoms in total. The van der Waals surface area contributed by atoms with E-state index in [0.717, 1.165) is 11.3 Å². The molecular formula is C16H12N2O. The molecule has 0 aliphatic carbocycles. The SMILES string of the molecule is Cc1ccc(Oc2ccc(C#N)c(C#N)c2)c(C)c1. The van der Waals surface area contributed by atoms with Crippen molar-refractivity contribution >= 4 is 0 Å². The molecule has 92 valence electrons. The molecule has 0 aromatic heterocycles. The van der Waals surface area contributed by atoms with Gasteiger partial charge in [-0.25, -0.2) is 0 Å². The Labute approximate surface area is 112 Å². The Balaban J connectivity index is 2.34. The van der Waals surface area contributed by atoms with Crippen LogP contribution < -0.4 is 4.74 Å². The third kappa shape index (κ3) is 2.73. The first-order valence-electron chi connectivity index (χ1n) is 5.83. The van der Waals surface area contributed by atoms with Crippen LogP contribution in [0.3, 0.4) is 0 Å². The molecule has 0 bridgehead atoms. The number of ether oxygens (including phenoxy) is 1. The monoisotopic (exact) mass is 248 g/mol. The second kappa shape index (κ2) is 5.25. The van der Waals surface area contributed by atoms with Crippen LogP contribution in [0.25, 0.3) is 0 Å². The highest BCUT2D eigenvalue weighted by Gasteiger charge is 2.06. The first kappa shape index (κ1) is 12.7. The minimum absolute atomic E-state index is 0.324. The molecule has 0 aliphatic rings. The Bertz CT molecular complexity index is 706. The van der Waals surface area contributed by atoms with Gasteiger partial charge < -0.3 is 4.74 Å². The zero-order valence-electron chi connectivity index (χ0n) is 10.8. The molecule has 0 aliphatic heterocycles. The summed E-state index contributed by atoms with van der Waals surface area (Å²) in [5.41, 5.74) is 2.88. The van der Waals surface area contributed by atoms with Crippen LogP contribution in [-0.2, 0) is 0 Å². The fraction of sp³-hybridized carbons (Fsp3) is 0.125. The fourth-order valence-electron chi connectivity index (χ4n) is 1.82. The second-order valence-corrected chi connectivity index (χ2v) is 4.30. The predicted octanol–water partition coefficient (Wildman–Crippen LogP) is 3.84. The molecule has 2 aromatic carbocycles. The average molecular weight is 248 g/mol. The molecular weight excluding hydrogens is 236 g/mol. The van der Waals surface area contributed by atoms with Crippen LogP contribution in [-0.4, -0.2) is 0 Å². The molecule has 2 rings (SSSR count). The minimum Gasteiger partial charge on any atom is -0.457 e. The molecule has 0 N–H and O–H groups in total. The molecule has 19 heavy (non-hydrogen) atoms. The van der Waals surface area contributed by atoms with Crippen molar-refractivity contribution in [2.75, 3.05) is 0 Å². The maximum Gasteiger partial charge on any atom is 0.130 e. The van der Waals surface area contributed by atoms with Crippen molar-refractivity contribution in [3.05, 3.63) is 58.7 Å². The van der Waals surface area contributed by atoms with E-state index < -0.39 is 0 Å². The summed E-state index contributed by atoms with van der Waals surface area (Å²) in [4.78, 5) is 0. The van der Waals surface area contributed by atoms with Gasteiger partial charge in [-0.3, -0.25) is 0 Å². The lowest BCUT2D eigenvalue weighted by molar-refractivity contribution is 0.478. The van der Waals surface area contributed by atoms with E-state index in [1.807, 2.05) is 44.2 Å². The third-order valence-electron chi connectivity index (χ3n) is 2.79. The molecule has 0 radical (unpaired) electrons. The number of rotatable bonds is 2. The minimum atomic E-state index is 0.324. The average Bonchev–Trinajstić information content (AvgIpc) is 2.41. The van der Waals surface area contributed by atoms with Gasteiger partial charge in [0.1, 0.15) is 23.6 Å². The van der Waals surface area contributed by atoms with Gasteiger partial charge >= 0.3 is 0 Å². The number of benzene rings is 2. The number of aryl methyl sites for hydroxylation is 2. The van der Waals surface area contributed by atoms with Crippen molar-refractivity contribution < 1.29 is 4.74 Å². The summed E-state index contributed by atoms with van der Waals surface area (Å²) in [5.74, 6) is 1.31. The number of hydrogen-bond donors (Lipinski definition) is 0. The topological polar surface area (TPSA) is 56.8 Å². The molecule has 0 unspecified atom stereocenters. The summed E-state index contributed by atoms with van der Waals surface area (Å²) in [7, 11) is 0. The van der Waals surface area contributed by atoms with Crippen LogP contribution in [0.4, 0.5) is 0 Å².